The van der Waals surface area contributed by atoms with Crippen molar-refractivity contribution >= 4 is 10.0 Å². The molecule has 0 bridgehead atoms. The molecule has 0 unspecified atom stereocenters. The number of sulfonamides is 1. The molecule has 0 fully saturated rings. The van der Waals surface area contributed by atoms with Crippen LogP contribution in [0.4, 0.5) is 4.39 Å². The second kappa shape index (κ2) is 8.08. The first-order valence-electron chi connectivity index (χ1n) is 7.36. The fourth-order valence-corrected chi connectivity index (χ4v) is 2.97. The Balaban J connectivity index is 1.71. The largest absolute Gasteiger partial charge is 0.494 e. The third-order valence-corrected chi connectivity index (χ3v) is 4.67. The Labute approximate surface area is 136 Å². The van der Waals surface area contributed by atoms with E-state index in [9.17, 15) is 12.8 Å². The van der Waals surface area contributed by atoms with Crippen molar-refractivity contribution in [2.75, 3.05) is 12.4 Å². The van der Waals surface area contributed by atoms with E-state index in [1.165, 1.54) is 24.3 Å². The second-order valence-corrected chi connectivity index (χ2v) is 7.21. The second-order valence-electron chi connectivity index (χ2n) is 5.28. The first-order valence-corrected chi connectivity index (χ1v) is 9.01. The van der Waals surface area contributed by atoms with Crippen LogP contribution in [0.15, 0.2) is 48.5 Å². The summed E-state index contributed by atoms with van der Waals surface area (Å²) in [5.41, 5.74) is 2.05. The van der Waals surface area contributed by atoms with Crippen LogP contribution in [-0.4, -0.2) is 20.8 Å². The lowest BCUT2D eigenvalue weighted by Gasteiger charge is -2.08. The number of nitrogens with one attached hydrogen (secondary N) is 1. The molecule has 2 aromatic carbocycles. The van der Waals surface area contributed by atoms with Gasteiger partial charge in [0.2, 0.25) is 10.0 Å². The Hall–Kier alpha value is -1.92. The number of halogens is 1. The van der Waals surface area contributed by atoms with Gasteiger partial charge in [0.1, 0.15) is 11.6 Å². The molecule has 0 aliphatic carbocycles. The standard InChI is InChI=1S/C17H20FNO3S/c1-14-3-5-15(6-4-14)13-19-23(20,21)12-2-11-22-17-9-7-16(18)8-10-17/h3-10,19H,2,11-13H2,1H3. The highest BCUT2D eigenvalue weighted by atomic mass is 32.2. The molecule has 124 valence electrons. The Morgan fingerprint density at radius 1 is 1.04 bits per heavy atom. The zero-order valence-corrected chi connectivity index (χ0v) is 13.8. The van der Waals surface area contributed by atoms with Crippen LogP contribution in [-0.2, 0) is 16.6 Å². The predicted octanol–water partition coefficient (Wildman–Crippen LogP) is 3.02. The first kappa shape index (κ1) is 17.4. The number of aryl methyl sites for hydroxylation is 1. The maximum absolute atomic E-state index is 12.7. The zero-order chi connectivity index (χ0) is 16.7. The Morgan fingerprint density at radius 2 is 1.70 bits per heavy atom. The molecule has 0 aromatic heterocycles. The zero-order valence-electron chi connectivity index (χ0n) is 13.0. The van der Waals surface area contributed by atoms with Crippen LogP contribution in [0.5, 0.6) is 5.75 Å². The minimum atomic E-state index is -3.34. The lowest BCUT2D eigenvalue weighted by atomic mass is 10.2. The molecule has 23 heavy (non-hydrogen) atoms. The van der Waals surface area contributed by atoms with E-state index in [2.05, 4.69) is 4.72 Å². The highest BCUT2D eigenvalue weighted by Crippen LogP contribution is 2.11. The van der Waals surface area contributed by atoms with E-state index >= 15 is 0 Å². The molecule has 1 N–H and O–H groups in total. The van der Waals surface area contributed by atoms with Crippen LogP contribution in [0.1, 0.15) is 17.5 Å². The summed E-state index contributed by atoms with van der Waals surface area (Å²) >= 11 is 0. The van der Waals surface area contributed by atoms with E-state index in [-0.39, 0.29) is 24.7 Å². The van der Waals surface area contributed by atoms with Gasteiger partial charge < -0.3 is 4.74 Å². The number of benzene rings is 2. The molecular formula is C17H20FNO3S. The number of hydrogen-bond acceptors (Lipinski definition) is 3. The van der Waals surface area contributed by atoms with Gasteiger partial charge in [0.15, 0.2) is 0 Å². The molecule has 0 saturated carbocycles. The predicted molar refractivity (Wildman–Crippen MR) is 88.3 cm³/mol. The summed E-state index contributed by atoms with van der Waals surface area (Å²) in [6, 6.07) is 13.3. The third-order valence-electron chi connectivity index (χ3n) is 3.26. The molecule has 0 saturated heterocycles. The Bertz CT molecular complexity index is 713. The Kier molecular flexibility index (Phi) is 6.12. The van der Waals surface area contributed by atoms with Crippen molar-refractivity contribution in [1.29, 1.82) is 0 Å². The Morgan fingerprint density at radius 3 is 2.35 bits per heavy atom. The molecule has 2 rings (SSSR count). The summed E-state index contributed by atoms with van der Waals surface area (Å²) in [6.07, 6.45) is 0.362. The van der Waals surface area contributed by atoms with Gasteiger partial charge in [-0.1, -0.05) is 29.8 Å². The normalized spacial score (nSPS) is 11.4. The SMILES string of the molecule is Cc1ccc(CNS(=O)(=O)CCCOc2ccc(F)cc2)cc1. The summed E-state index contributed by atoms with van der Waals surface area (Å²) in [7, 11) is -3.34. The highest BCUT2D eigenvalue weighted by Gasteiger charge is 2.09. The molecule has 0 amide bonds. The molecule has 2 aromatic rings. The molecule has 6 heteroatoms. The van der Waals surface area contributed by atoms with E-state index in [0.29, 0.717) is 12.2 Å². The lowest BCUT2D eigenvalue weighted by Crippen LogP contribution is -2.26. The van der Waals surface area contributed by atoms with Gasteiger partial charge in [0, 0.05) is 6.54 Å². The average Bonchev–Trinajstić information content (AvgIpc) is 2.53. The van der Waals surface area contributed by atoms with Gasteiger partial charge in [0.25, 0.3) is 0 Å². The van der Waals surface area contributed by atoms with Crippen LogP contribution in [0.2, 0.25) is 0 Å². The fourth-order valence-electron chi connectivity index (χ4n) is 1.94. The highest BCUT2D eigenvalue weighted by molar-refractivity contribution is 7.89. The molecular weight excluding hydrogens is 317 g/mol. The fraction of sp³-hybridized carbons (Fsp3) is 0.294. The summed E-state index contributed by atoms with van der Waals surface area (Å²) < 4.78 is 44.5. The smallest absolute Gasteiger partial charge is 0.212 e. The molecule has 0 aliphatic heterocycles. The molecule has 0 radical (unpaired) electrons. The lowest BCUT2D eigenvalue weighted by molar-refractivity contribution is 0.317. The van der Waals surface area contributed by atoms with Crippen molar-refractivity contribution in [3.63, 3.8) is 0 Å². The van der Waals surface area contributed by atoms with E-state index in [0.717, 1.165) is 11.1 Å². The van der Waals surface area contributed by atoms with Crippen LogP contribution >= 0.6 is 0 Å². The maximum Gasteiger partial charge on any atom is 0.212 e. The maximum atomic E-state index is 12.7. The molecule has 0 aliphatic rings. The van der Waals surface area contributed by atoms with Crippen molar-refractivity contribution in [1.82, 2.24) is 4.72 Å². The van der Waals surface area contributed by atoms with Gasteiger partial charge in [-0.2, -0.15) is 0 Å². The third kappa shape index (κ3) is 6.38. The molecule has 4 nitrogen and oxygen atoms in total. The average molecular weight is 337 g/mol. The summed E-state index contributed by atoms with van der Waals surface area (Å²) in [5, 5.41) is 0. The molecule has 0 spiro atoms. The van der Waals surface area contributed by atoms with Crippen molar-refractivity contribution in [3.05, 3.63) is 65.5 Å². The van der Waals surface area contributed by atoms with Crippen LogP contribution < -0.4 is 9.46 Å². The minimum Gasteiger partial charge on any atom is -0.494 e. The summed E-state index contributed by atoms with van der Waals surface area (Å²) in [6.45, 7) is 2.52. The van der Waals surface area contributed by atoms with Gasteiger partial charge in [-0.3, -0.25) is 0 Å². The first-order chi connectivity index (χ1) is 10.9. The molecule has 0 atom stereocenters. The van der Waals surface area contributed by atoms with Crippen LogP contribution in [0.3, 0.4) is 0 Å². The van der Waals surface area contributed by atoms with Crippen molar-refractivity contribution in [2.45, 2.75) is 19.9 Å². The van der Waals surface area contributed by atoms with E-state index in [1.54, 1.807) is 0 Å². The number of ether oxygens (including phenoxy) is 1. The minimum absolute atomic E-state index is 0.0138. The number of rotatable bonds is 8. The quantitative estimate of drug-likeness (QED) is 0.753. The van der Waals surface area contributed by atoms with E-state index in [4.69, 9.17) is 4.74 Å². The van der Waals surface area contributed by atoms with Crippen LogP contribution in [0, 0.1) is 12.7 Å². The van der Waals surface area contributed by atoms with E-state index < -0.39 is 10.0 Å². The summed E-state index contributed by atoms with van der Waals surface area (Å²) in [5.74, 6) is 0.178. The van der Waals surface area contributed by atoms with Crippen molar-refractivity contribution in [3.8, 4) is 5.75 Å². The van der Waals surface area contributed by atoms with Crippen molar-refractivity contribution in [2.24, 2.45) is 0 Å². The van der Waals surface area contributed by atoms with E-state index in [1.807, 2.05) is 31.2 Å². The number of hydrogen-bond donors (Lipinski definition) is 1. The van der Waals surface area contributed by atoms with Gasteiger partial charge >= 0.3 is 0 Å². The van der Waals surface area contributed by atoms with Gasteiger partial charge in [0.05, 0.1) is 12.4 Å². The van der Waals surface area contributed by atoms with Crippen molar-refractivity contribution < 1.29 is 17.5 Å². The monoisotopic (exact) mass is 337 g/mol. The molecule has 0 heterocycles. The van der Waals surface area contributed by atoms with Crippen LogP contribution in [0.25, 0.3) is 0 Å². The summed E-state index contributed by atoms with van der Waals surface area (Å²) in [4.78, 5) is 0. The topological polar surface area (TPSA) is 55.4 Å². The van der Waals surface area contributed by atoms with Gasteiger partial charge in [-0.15, -0.1) is 0 Å². The van der Waals surface area contributed by atoms with Gasteiger partial charge in [-0.25, -0.2) is 17.5 Å². The van der Waals surface area contributed by atoms with Gasteiger partial charge in [-0.05, 0) is 43.2 Å².